The zero-order valence-corrected chi connectivity index (χ0v) is 12.3. The number of nitrogen functional groups attached to an aromatic ring is 1. The number of rotatable bonds is 4. The lowest BCUT2D eigenvalue weighted by Crippen LogP contribution is -2.30. The van der Waals surface area contributed by atoms with Gasteiger partial charge in [0.2, 0.25) is 0 Å². The summed E-state index contributed by atoms with van der Waals surface area (Å²) >= 11 is 11.7. The molecule has 2 rings (SSSR count). The molecule has 0 radical (unpaired) electrons. The number of hydrogen-bond donors (Lipinski definition) is 3. The van der Waals surface area contributed by atoms with E-state index in [0.717, 1.165) is 0 Å². The highest BCUT2D eigenvalue weighted by Crippen LogP contribution is 2.23. The van der Waals surface area contributed by atoms with Crippen LogP contribution in [0.25, 0.3) is 0 Å². The largest absolute Gasteiger partial charge is 0.387 e. The third-order valence-electron chi connectivity index (χ3n) is 2.67. The molecule has 1 atom stereocenters. The first-order valence-electron chi connectivity index (χ1n) is 5.96. The van der Waals surface area contributed by atoms with Gasteiger partial charge in [-0.1, -0.05) is 23.2 Å². The van der Waals surface area contributed by atoms with E-state index in [0.29, 0.717) is 15.6 Å². The number of aliphatic hydroxyl groups is 1. The molecule has 6 nitrogen and oxygen atoms in total. The zero-order chi connectivity index (χ0) is 15.4. The molecule has 1 aromatic heterocycles. The fourth-order valence-electron chi connectivity index (χ4n) is 1.68. The van der Waals surface area contributed by atoms with Crippen LogP contribution in [0.5, 0.6) is 0 Å². The van der Waals surface area contributed by atoms with Gasteiger partial charge in [0.05, 0.1) is 6.10 Å². The number of aliphatic hydroxyl groups excluding tert-OH is 1. The minimum atomic E-state index is -0.956. The van der Waals surface area contributed by atoms with E-state index in [2.05, 4.69) is 15.3 Å². The maximum absolute atomic E-state index is 11.9. The molecule has 1 unspecified atom stereocenters. The lowest BCUT2D eigenvalue weighted by Gasteiger charge is -2.13. The normalized spacial score (nSPS) is 12.0. The number of anilines is 1. The number of nitrogens with zero attached hydrogens (tertiary/aromatic N) is 2. The molecule has 8 heteroatoms. The number of halogens is 2. The molecule has 1 heterocycles. The van der Waals surface area contributed by atoms with Crippen molar-refractivity contribution in [3.05, 3.63) is 51.9 Å². The van der Waals surface area contributed by atoms with Gasteiger partial charge in [0.15, 0.2) is 11.5 Å². The average molecular weight is 327 g/mol. The van der Waals surface area contributed by atoms with E-state index in [1.807, 2.05) is 0 Å². The molecule has 1 amide bonds. The van der Waals surface area contributed by atoms with Gasteiger partial charge >= 0.3 is 0 Å². The van der Waals surface area contributed by atoms with Gasteiger partial charge in [-0.15, -0.1) is 0 Å². The summed E-state index contributed by atoms with van der Waals surface area (Å²) in [7, 11) is 0. The van der Waals surface area contributed by atoms with Crippen molar-refractivity contribution < 1.29 is 9.90 Å². The van der Waals surface area contributed by atoms with Gasteiger partial charge in [-0.05, 0) is 23.8 Å². The van der Waals surface area contributed by atoms with E-state index in [9.17, 15) is 9.90 Å². The summed E-state index contributed by atoms with van der Waals surface area (Å²) in [5.74, 6) is -0.497. The van der Waals surface area contributed by atoms with Crippen LogP contribution < -0.4 is 11.1 Å². The van der Waals surface area contributed by atoms with Crippen molar-refractivity contribution >= 4 is 34.9 Å². The second-order valence-electron chi connectivity index (χ2n) is 4.22. The molecule has 0 bridgehead atoms. The van der Waals surface area contributed by atoms with Crippen molar-refractivity contribution in [1.29, 1.82) is 0 Å². The van der Waals surface area contributed by atoms with Gasteiger partial charge in [-0.25, -0.2) is 9.97 Å². The minimum Gasteiger partial charge on any atom is -0.387 e. The summed E-state index contributed by atoms with van der Waals surface area (Å²) in [4.78, 5) is 19.5. The Morgan fingerprint density at radius 2 is 1.86 bits per heavy atom. The van der Waals surface area contributed by atoms with Crippen LogP contribution in [-0.2, 0) is 0 Å². The number of nitrogens with two attached hydrogens (primary N) is 1. The molecule has 0 aliphatic carbocycles. The van der Waals surface area contributed by atoms with Crippen LogP contribution in [0.1, 0.15) is 22.2 Å². The van der Waals surface area contributed by atoms with Crippen LogP contribution >= 0.6 is 23.2 Å². The van der Waals surface area contributed by atoms with E-state index < -0.39 is 12.0 Å². The van der Waals surface area contributed by atoms with Crippen LogP contribution in [-0.4, -0.2) is 27.5 Å². The summed E-state index contributed by atoms with van der Waals surface area (Å²) in [6, 6.07) is 4.69. The van der Waals surface area contributed by atoms with Crippen LogP contribution in [0.15, 0.2) is 30.6 Å². The van der Waals surface area contributed by atoms with Crippen molar-refractivity contribution in [2.45, 2.75) is 6.10 Å². The number of benzene rings is 1. The smallest absolute Gasteiger partial charge is 0.273 e. The fourth-order valence-corrected chi connectivity index (χ4v) is 2.23. The molecule has 2 aromatic rings. The molecule has 0 saturated heterocycles. The third kappa shape index (κ3) is 4.04. The highest BCUT2D eigenvalue weighted by molar-refractivity contribution is 6.34. The van der Waals surface area contributed by atoms with Crippen LogP contribution in [0.3, 0.4) is 0 Å². The Morgan fingerprint density at radius 1 is 1.24 bits per heavy atom. The molecular weight excluding hydrogens is 315 g/mol. The Labute approximate surface area is 130 Å². The molecule has 110 valence electrons. The quantitative estimate of drug-likeness (QED) is 0.795. The number of carbonyl (C=O) groups is 1. The van der Waals surface area contributed by atoms with Gasteiger partial charge in [0.25, 0.3) is 5.91 Å². The number of aromatic nitrogens is 2. The molecular formula is C13H12Cl2N4O2. The van der Waals surface area contributed by atoms with Crippen LogP contribution in [0.2, 0.25) is 10.0 Å². The summed E-state index contributed by atoms with van der Waals surface area (Å²) in [6.07, 6.45) is 1.79. The van der Waals surface area contributed by atoms with Crippen molar-refractivity contribution in [2.75, 3.05) is 12.3 Å². The fraction of sp³-hybridized carbons (Fsp3) is 0.154. The SMILES string of the molecule is Nc1nccnc1C(=O)NCC(O)c1cc(Cl)cc(Cl)c1. The average Bonchev–Trinajstić information content (AvgIpc) is 2.43. The van der Waals surface area contributed by atoms with Crippen LogP contribution in [0, 0.1) is 0 Å². The molecule has 0 saturated carbocycles. The summed E-state index contributed by atoms with van der Waals surface area (Å²) < 4.78 is 0. The standard InChI is InChI=1S/C13H12Cl2N4O2/c14-8-3-7(4-9(15)5-8)10(20)6-19-13(21)11-12(16)18-2-1-17-11/h1-5,10,20H,6H2,(H2,16,18)(H,19,21). The highest BCUT2D eigenvalue weighted by Gasteiger charge is 2.15. The number of nitrogens with one attached hydrogen (secondary N) is 1. The van der Waals surface area contributed by atoms with Crippen molar-refractivity contribution in [1.82, 2.24) is 15.3 Å². The monoisotopic (exact) mass is 326 g/mol. The number of amides is 1. The summed E-state index contributed by atoms with van der Waals surface area (Å²) in [5, 5.41) is 13.4. The van der Waals surface area contributed by atoms with Crippen molar-refractivity contribution in [3.63, 3.8) is 0 Å². The Bertz CT molecular complexity index is 646. The first kappa shape index (κ1) is 15.5. The Morgan fingerprint density at radius 3 is 2.48 bits per heavy atom. The van der Waals surface area contributed by atoms with Gasteiger partial charge in [0, 0.05) is 29.0 Å². The van der Waals surface area contributed by atoms with E-state index in [4.69, 9.17) is 28.9 Å². The van der Waals surface area contributed by atoms with E-state index in [-0.39, 0.29) is 18.1 Å². The third-order valence-corrected chi connectivity index (χ3v) is 3.10. The minimum absolute atomic E-state index is 0.00817. The Kier molecular flexibility index (Phi) is 4.95. The second kappa shape index (κ2) is 6.71. The Hall–Kier alpha value is -1.89. The first-order valence-corrected chi connectivity index (χ1v) is 6.71. The summed E-state index contributed by atoms with van der Waals surface area (Å²) in [5.41, 5.74) is 6.05. The lowest BCUT2D eigenvalue weighted by atomic mass is 10.1. The molecule has 0 spiro atoms. The summed E-state index contributed by atoms with van der Waals surface area (Å²) in [6.45, 7) is -0.0362. The molecule has 0 fully saturated rings. The van der Waals surface area contributed by atoms with Crippen molar-refractivity contribution in [3.8, 4) is 0 Å². The van der Waals surface area contributed by atoms with Gasteiger partial charge in [-0.3, -0.25) is 4.79 Å². The molecule has 21 heavy (non-hydrogen) atoms. The lowest BCUT2D eigenvalue weighted by molar-refractivity contribution is 0.0912. The maximum atomic E-state index is 11.9. The molecule has 0 aliphatic rings. The highest BCUT2D eigenvalue weighted by atomic mass is 35.5. The molecule has 1 aromatic carbocycles. The molecule has 0 aliphatic heterocycles. The van der Waals surface area contributed by atoms with E-state index >= 15 is 0 Å². The number of hydrogen-bond acceptors (Lipinski definition) is 5. The van der Waals surface area contributed by atoms with E-state index in [1.165, 1.54) is 12.4 Å². The second-order valence-corrected chi connectivity index (χ2v) is 5.09. The van der Waals surface area contributed by atoms with Gasteiger partial charge < -0.3 is 16.2 Å². The van der Waals surface area contributed by atoms with Gasteiger partial charge in [0.1, 0.15) is 0 Å². The van der Waals surface area contributed by atoms with Crippen molar-refractivity contribution in [2.24, 2.45) is 0 Å². The zero-order valence-electron chi connectivity index (χ0n) is 10.8. The van der Waals surface area contributed by atoms with Gasteiger partial charge in [-0.2, -0.15) is 0 Å². The maximum Gasteiger partial charge on any atom is 0.273 e. The topological polar surface area (TPSA) is 101 Å². The predicted molar refractivity (Wildman–Crippen MR) is 80.2 cm³/mol. The molecule has 4 N–H and O–H groups in total. The van der Waals surface area contributed by atoms with E-state index in [1.54, 1.807) is 18.2 Å². The number of carbonyl (C=O) groups excluding carboxylic acids is 1. The van der Waals surface area contributed by atoms with Crippen LogP contribution in [0.4, 0.5) is 5.82 Å². The predicted octanol–water partition coefficient (Wildman–Crippen LogP) is 1.83. The Balaban J connectivity index is 2.02. The first-order chi connectivity index (χ1) is 9.97.